The van der Waals surface area contributed by atoms with Crippen LogP contribution in [0.4, 0.5) is 4.39 Å². The van der Waals surface area contributed by atoms with Crippen LogP contribution in [-0.4, -0.2) is 28.8 Å². The molecule has 3 rings (SSSR count). The molecule has 2 aliphatic rings. The van der Waals surface area contributed by atoms with E-state index >= 15 is 0 Å². The number of rotatable bonds is 2. The third kappa shape index (κ3) is 2.71. The highest BCUT2D eigenvalue weighted by Gasteiger charge is 2.42. The second-order valence-corrected chi connectivity index (χ2v) is 7.19. The minimum atomic E-state index is -0.805. The number of halogens is 2. The second kappa shape index (κ2) is 5.84. The lowest BCUT2D eigenvalue weighted by Crippen LogP contribution is -2.41. The molecule has 0 bridgehead atoms. The summed E-state index contributed by atoms with van der Waals surface area (Å²) < 4.78 is 20.0. The summed E-state index contributed by atoms with van der Waals surface area (Å²) in [6.07, 6.45) is 1.78. The van der Waals surface area contributed by atoms with Gasteiger partial charge in [0.1, 0.15) is 5.82 Å². The Morgan fingerprint density at radius 3 is 3.10 bits per heavy atom. The fraction of sp³-hybridized carbons (Fsp3) is 0.600. The summed E-state index contributed by atoms with van der Waals surface area (Å²) >= 11 is 7.70. The highest BCUT2D eigenvalue weighted by atomic mass is 35.5. The molecule has 1 spiro atoms. The van der Waals surface area contributed by atoms with Crippen LogP contribution in [0.15, 0.2) is 18.2 Å². The van der Waals surface area contributed by atoms with Crippen molar-refractivity contribution in [3.63, 3.8) is 0 Å². The Kier molecular flexibility index (Phi) is 4.27. The molecule has 2 saturated heterocycles. The molecule has 2 aliphatic heterocycles. The normalized spacial score (nSPS) is 31.6. The van der Waals surface area contributed by atoms with E-state index in [9.17, 15) is 9.50 Å². The van der Waals surface area contributed by atoms with Gasteiger partial charge in [0, 0.05) is 17.9 Å². The van der Waals surface area contributed by atoms with Crippen LogP contribution in [0.2, 0.25) is 5.02 Å². The van der Waals surface area contributed by atoms with Gasteiger partial charge in [0.05, 0.1) is 16.7 Å². The quantitative estimate of drug-likeness (QED) is 0.899. The Morgan fingerprint density at radius 1 is 1.50 bits per heavy atom. The van der Waals surface area contributed by atoms with E-state index in [2.05, 4.69) is 0 Å². The zero-order valence-corrected chi connectivity index (χ0v) is 12.7. The van der Waals surface area contributed by atoms with Gasteiger partial charge in [0.25, 0.3) is 0 Å². The average Bonchev–Trinajstić information content (AvgIpc) is 2.89. The van der Waals surface area contributed by atoms with Crippen LogP contribution >= 0.6 is 23.4 Å². The SMILES string of the molecule is OC(c1cccc(Cl)c1F)C1CCOC2(CCSC2)C1. The maximum absolute atomic E-state index is 14.0. The van der Waals surface area contributed by atoms with Gasteiger partial charge < -0.3 is 9.84 Å². The molecule has 0 aliphatic carbocycles. The minimum Gasteiger partial charge on any atom is -0.388 e. The standard InChI is InChI=1S/C15H18ClFO2S/c16-12-3-1-2-11(13(12)17)14(18)10-4-6-19-15(8-10)5-7-20-9-15/h1-3,10,14,18H,4-9H2. The highest BCUT2D eigenvalue weighted by molar-refractivity contribution is 7.99. The molecule has 0 saturated carbocycles. The van der Waals surface area contributed by atoms with Gasteiger partial charge in [0.2, 0.25) is 0 Å². The molecule has 2 nitrogen and oxygen atoms in total. The Balaban J connectivity index is 1.79. The van der Waals surface area contributed by atoms with Crippen molar-refractivity contribution in [2.24, 2.45) is 5.92 Å². The molecule has 110 valence electrons. The Hall–Kier alpha value is -0.290. The smallest absolute Gasteiger partial charge is 0.147 e. The van der Waals surface area contributed by atoms with Crippen molar-refractivity contribution in [3.8, 4) is 0 Å². The fourth-order valence-electron chi connectivity index (χ4n) is 3.20. The van der Waals surface area contributed by atoms with Crippen LogP contribution in [0.1, 0.15) is 30.9 Å². The average molecular weight is 317 g/mol. The van der Waals surface area contributed by atoms with E-state index < -0.39 is 11.9 Å². The molecule has 1 aromatic rings. The monoisotopic (exact) mass is 316 g/mol. The number of hydrogen-bond donors (Lipinski definition) is 1. The summed E-state index contributed by atoms with van der Waals surface area (Å²) in [6.45, 7) is 0.643. The van der Waals surface area contributed by atoms with E-state index in [1.54, 1.807) is 12.1 Å². The van der Waals surface area contributed by atoms with Gasteiger partial charge in [-0.05, 0) is 37.0 Å². The third-order valence-electron chi connectivity index (χ3n) is 4.34. The Bertz CT molecular complexity index is 491. The first-order valence-corrected chi connectivity index (χ1v) is 8.48. The maximum Gasteiger partial charge on any atom is 0.147 e. The molecule has 0 radical (unpaired) electrons. The van der Waals surface area contributed by atoms with Crippen molar-refractivity contribution >= 4 is 23.4 Å². The first kappa shape index (κ1) is 14.6. The molecular weight excluding hydrogens is 299 g/mol. The molecule has 2 fully saturated rings. The maximum atomic E-state index is 14.0. The second-order valence-electron chi connectivity index (χ2n) is 5.67. The van der Waals surface area contributed by atoms with E-state index in [-0.39, 0.29) is 16.5 Å². The van der Waals surface area contributed by atoms with Gasteiger partial charge in [-0.2, -0.15) is 11.8 Å². The molecular formula is C15H18ClFO2S. The van der Waals surface area contributed by atoms with Crippen molar-refractivity contribution in [1.82, 2.24) is 0 Å². The summed E-state index contributed by atoms with van der Waals surface area (Å²) in [6, 6.07) is 4.81. The van der Waals surface area contributed by atoms with E-state index in [4.69, 9.17) is 16.3 Å². The van der Waals surface area contributed by atoms with E-state index in [1.807, 2.05) is 11.8 Å². The number of ether oxygens (including phenoxy) is 1. The highest BCUT2D eigenvalue weighted by Crippen LogP contribution is 2.44. The number of hydrogen-bond acceptors (Lipinski definition) is 3. The predicted octanol–water partition coefficient (Wildman–Crippen LogP) is 3.81. The zero-order valence-electron chi connectivity index (χ0n) is 11.1. The van der Waals surface area contributed by atoms with Gasteiger partial charge >= 0.3 is 0 Å². The predicted molar refractivity (Wildman–Crippen MR) is 79.7 cm³/mol. The van der Waals surface area contributed by atoms with E-state index in [0.29, 0.717) is 12.2 Å². The van der Waals surface area contributed by atoms with Gasteiger partial charge in [-0.15, -0.1) is 0 Å². The summed E-state index contributed by atoms with van der Waals surface area (Å²) in [7, 11) is 0. The largest absolute Gasteiger partial charge is 0.388 e. The summed E-state index contributed by atoms with van der Waals surface area (Å²) in [5.74, 6) is 1.63. The van der Waals surface area contributed by atoms with Crippen LogP contribution < -0.4 is 0 Å². The molecule has 0 amide bonds. The molecule has 1 N–H and O–H groups in total. The lowest BCUT2D eigenvalue weighted by Gasteiger charge is -2.39. The topological polar surface area (TPSA) is 29.5 Å². The van der Waals surface area contributed by atoms with Crippen LogP contribution in [0.3, 0.4) is 0 Å². The molecule has 0 aromatic heterocycles. The first-order chi connectivity index (χ1) is 9.61. The van der Waals surface area contributed by atoms with Crippen LogP contribution in [-0.2, 0) is 4.74 Å². The molecule has 1 aromatic carbocycles. The number of aliphatic hydroxyl groups is 1. The van der Waals surface area contributed by atoms with Crippen molar-refractivity contribution < 1.29 is 14.2 Å². The van der Waals surface area contributed by atoms with Crippen LogP contribution in [0.5, 0.6) is 0 Å². The van der Waals surface area contributed by atoms with Crippen LogP contribution in [0, 0.1) is 11.7 Å². The lowest BCUT2D eigenvalue weighted by atomic mass is 9.80. The van der Waals surface area contributed by atoms with Gasteiger partial charge in [-0.25, -0.2) is 4.39 Å². The molecule has 3 atom stereocenters. The summed E-state index contributed by atoms with van der Waals surface area (Å²) in [5, 5.41) is 10.6. The van der Waals surface area contributed by atoms with Crippen molar-refractivity contribution in [3.05, 3.63) is 34.6 Å². The number of benzene rings is 1. The first-order valence-electron chi connectivity index (χ1n) is 6.95. The third-order valence-corrected chi connectivity index (χ3v) is 5.86. The van der Waals surface area contributed by atoms with E-state index in [0.717, 1.165) is 30.8 Å². The van der Waals surface area contributed by atoms with Crippen molar-refractivity contribution in [1.29, 1.82) is 0 Å². The number of thioether (sulfide) groups is 1. The van der Waals surface area contributed by atoms with Crippen molar-refractivity contribution in [2.45, 2.75) is 31.0 Å². The number of aliphatic hydroxyl groups excluding tert-OH is 1. The summed E-state index contributed by atoms with van der Waals surface area (Å²) in [5.41, 5.74) is 0.203. The molecule has 2 heterocycles. The Morgan fingerprint density at radius 2 is 2.35 bits per heavy atom. The molecule has 3 unspecified atom stereocenters. The van der Waals surface area contributed by atoms with Gasteiger partial charge in [-0.1, -0.05) is 23.7 Å². The lowest BCUT2D eigenvalue weighted by molar-refractivity contribution is -0.102. The van der Waals surface area contributed by atoms with E-state index in [1.165, 1.54) is 6.07 Å². The fourth-order valence-corrected chi connectivity index (χ4v) is 4.76. The van der Waals surface area contributed by atoms with Crippen molar-refractivity contribution in [2.75, 3.05) is 18.1 Å². The minimum absolute atomic E-state index is 0.0374. The van der Waals surface area contributed by atoms with Gasteiger partial charge in [0.15, 0.2) is 0 Å². The van der Waals surface area contributed by atoms with Gasteiger partial charge in [-0.3, -0.25) is 0 Å². The zero-order chi connectivity index (χ0) is 14.2. The Labute approximate surface area is 127 Å². The summed E-state index contributed by atoms with van der Waals surface area (Å²) in [4.78, 5) is 0. The van der Waals surface area contributed by atoms with Crippen LogP contribution in [0.25, 0.3) is 0 Å². The molecule has 20 heavy (non-hydrogen) atoms. The molecule has 5 heteroatoms.